The van der Waals surface area contributed by atoms with Crippen molar-refractivity contribution >= 4 is 0 Å². The summed E-state index contributed by atoms with van der Waals surface area (Å²) in [5.41, 5.74) is 6.57. The highest BCUT2D eigenvalue weighted by molar-refractivity contribution is 5.50. The van der Waals surface area contributed by atoms with Gasteiger partial charge in [0.1, 0.15) is 0 Å². The number of nitrogens with two attached hydrogens (primary N) is 1. The maximum atomic E-state index is 6.11. The van der Waals surface area contributed by atoms with Crippen molar-refractivity contribution in [2.24, 2.45) is 5.73 Å². The summed E-state index contributed by atoms with van der Waals surface area (Å²) in [6, 6.07) is 3.72. The summed E-state index contributed by atoms with van der Waals surface area (Å²) < 4.78 is 5.19. The van der Waals surface area contributed by atoms with Crippen molar-refractivity contribution in [1.29, 1.82) is 0 Å². The van der Waals surface area contributed by atoms with Gasteiger partial charge in [0.15, 0.2) is 5.82 Å². The Bertz CT molecular complexity index is 490. The van der Waals surface area contributed by atoms with E-state index in [0.717, 1.165) is 24.8 Å². The van der Waals surface area contributed by atoms with Crippen LogP contribution in [-0.4, -0.2) is 15.1 Å². The lowest BCUT2D eigenvalue weighted by Crippen LogP contribution is -2.44. The molecule has 2 heterocycles. The second-order valence-electron chi connectivity index (χ2n) is 4.17. The quantitative estimate of drug-likeness (QED) is 0.822. The number of hydrogen-bond donors (Lipinski definition) is 1. The SMILES string of the molecule is NC1(c2noc(-c3cccnc3)n2)CCC1. The van der Waals surface area contributed by atoms with E-state index >= 15 is 0 Å². The van der Waals surface area contributed by atoms with Crippen LogP contribution in [0, 0.1) is 0 Å². The van der Waals surface area contributed by atoms with Gasteiger partial charge in [-0.05, 0) is 31.4 Å². The number of nitrogens with zero attached hydrogens (tertiary/aromatic N) is 3. The third-order valence-corrected chi connectivity index (χ3v) is 3.03. The summed E-state index contributed by atoms with van der Waals surface area (Å²) in [5, 5.41) is 3.95. The van der Waals surface area contributed by atoms with Crippen LogP contribution in [-0.2, 0) is 5.54 Å². The fourth-order valence-electron chi connectivity index (χ4n) is 1.81. The van der Waals surface area contributed by atoms with Crippen molar-refractivity contribution in [2.45, 2.75) is 24.8 Å². The van der Waals surface area contributed by atoms with E-state index in [1.165, 1.54) is 0 Å². The lowest BCUT2D eigenvalue weighted by Gasteiger charge is -2.34. The Balaban J connectivity index is 1.94. The molecule has 0 aliphatic heterocycles. The molecule has 2 aromatic rings. The summed E-state index contributed by atoms with van der Waals surface area (Å²) in [4.78, 5) is 8.34. The maximum absolute atomic E-state index is 6.11. The van der Waals surface area contributed by atoms with Crippen LogP contribution >= 0.6 is 0 Å². The molecule has 0 aromatic carbocycles. The molecule has 2 N–H and O–H groups in total. The zero-order valence-corrected chi connectivity index (χ0v) is 8.76. The van der Waals surface area contributed by atoms with E-state index in [2.05, 4.69) is 15.1 Å². The lowest BCUT2D eigenvalue weighted by molar-refractivity contribution is 0.229. The van der Waals surface area contributed by atoms with Gasteiger partial charge in [0.25, 0.3) is 5.89 Å². The normalized spacial score (nSPS) is 18.1. The summed E-state index contributed by atoms with van der Waals surface area (Å²) in [7, 11) is 0. The molecule has 2 aromatic heterocycles. The van der Waals surface area contributed by atoms with E-state index in [1.54, 1.807) is 12.4 Å². The topological polar surface area (TPSA) is 77.8 Å². The van der Waals surface area contributed by atoms with Gasteiger partial charge in [-0.2, -0.15) is 4.98 Å². The van der Waals surface area contributed by atoms with Crippen molar-refractivity contribution in [3.63, 3.8) is 0 Å². The summed E-state index contributed by atoms with van der Waals surface area (Å²) in [6.45, 7) is 0. The highest BCUT2D eigenvalue weighted by Gasteiger charge is 2.39. The van der Waals surface area contributed by atoms with Crippen LogP contribution in [0.5, 0.6) is 0 Å². The first-order valence-electron chi connectivity index (χ1n) is 5.31. The molecule has 16 heavy (non-hydrogen) atoms. The number of pyridine rings is 1. The molecule has 1 fully saturated rings. The molecule has 3 rings (SSSR count). The lowest BCUT2D eigenvalue weighted by atomic mass is 9.77. The molecule has 5 heteroatoms. The van der Waals surface area contributed by atoms with E-state index in [9.17, 15) is 0 Å². The van der Waals surface area contributed by atoms with Gasteiger partial charge in [-0.3, -0.25) is 4.98 Å². The fourth-order valence-corrected chi connectivity index (χ4v) is 1.81. The van der Waals surface area contributed by atoms with Gasteiger partial charge in [0.2, 0.25) is 0 Å². The third kappa shape index (κ3) is 1.40. The molecule has 0 amide bonds. The first-order chi connectivity index (χ1) is 7.78. The van der Waals surface area contributed by atoms with Crippen LogP contribution < -0.4 is 5.73 Å². The predicted octanol–water partition coefficient (Wildman–Crippen LogP) is 1.47. The van der Waals surface area contributed by atoms with Gasteiger partial charge < -0.3 is 10.3 Å². The van der Waals surface area contributed by atoms with Crippen molar-refractivity contribution in [3.05, 3.63) is 30.4 Å². The minimum absolute atomic E-state index is 0.371. The largest absolute Gasteiger partial charge is 0.334 e. The molecule has 0 bridgehead atoms. The van der Waals surface area contributed by atoms with Gasteiger partial charge in [-0.25, -0.2) is 0 Å². The van der Waals surface area contributed by atoms with Crippen LogP contribution in [0.1, 0.15) is 25.1 Å². The third-order valence-electron chi connectivity index (χ3n) is 3.03. The average molecular weight is 216 g/mol. The Morgan fingerprint density at radius 3 is 2.88 bits per heavy atom. The number of hydrogen-bond acceptors (Lipinski definition) is 5. The number of aromatic nitrogens is 3. The van der Waals surface area contributed by atoms with Crippen LogP contribution in [0.25, 0.3) is 11.5 Å². The van der Waals surface area contributed by atoms with Crippen LogP contribution in [0.2, 0.25) is 0 Å². The predicted molar refractivity (Wildman–Crippen MR) is 57.2 cm³/mol. The molecule has 0 atom stereocenters. The minimum atomic E-state index is -0.371. The van der Waals surface area contributed by atoms with E-state index in [-0.39, 0.29) is 5.54 Å². The molecule has 1 aliphatic rings. The minimum Gasteiger partial charge on any atom is -0.334 e. The number of rotatable bonds is 2. The standard InChI is InChI=1S/C11H12N4O/c12-11(4-2-5-11)10-14-9(16-15-10)8-3-1-6-13-7-8/h1,3,6-7H,2,4-5,12H2. The molecular weight excluding hydrogens is 204 g/mol. The molecule has 5 nitrogen and oxygen atoms in total. The summed E-state index contributed by atoms with van der Waals surface area (Å²) in [5.74, 6) is 1.09. The van der Waals surface area contributed by atoms with E-state index in [0.29, 0.717) is 11.7 Å². The summed E-state index contributed by atoms with van der Waals surface area (Å²) in [6.07, 6.45) is 6.39. The maximum Gasteiger partial charge on any atom is 0.259 e. The van der Waals surface area contributed by atoms with Gasteiger partial charge in [0, 0.05) is 12.4 Å². The molecular formula is C11H12N4O. The van der Waals surface area contributed by atoms with Crippen LogP contribution in [0.4, 0.5) is 0 Å². The van der Waals surface area contributed by atoms with Gasteiger partial charge in [-0.15, -0.1) is 0 Å². The molecule has 0 unspecified atom stereocenters. The first kappa shape index (κ1) is 9.47. The highest BCUT2D eigenvalue weighted by atomic mass is 16.5. The van der Waals surface area contributed by atoms with Gasteiger partial charge in [-0.1, -0.05) is 5.16 Å². The summed E-state index contributed by atoms with van der Waals surface area (Å²) >= 11 is 0. The van der Waals surface area contributed by atoms with Gasteiger partial charge in [0.05, 0.1) is 11.1 Å². The molecule has 0 saturated heterocycles. The average Bonchev–Trinajstić information content (AvgIpc) is 2.77. The van der Waals surface area contributed by atoms with Crippen LogP contribution in [0.15, 0.2) is 29.0 Å². The second-order valence-corrected chi connectivity index (χ2v) is 4.17. The first-order valence-corrected chi connectivity index (χ1v) is 5.31. The molecule has 1 saturated carbocycles. The van der Waals surface area contributed by atoms with E-state index < -0.39 is 0 Å². The Morgan fingerprint density at radius 1 is 1.38 bits per heavy atom. The Kier molecular flexibility index (Phi) is 2.00. The van der Waals surface area contributed by atoms with Crippen molar-refractivity contribution in [1.82, 2.24) is 15.1 Å². The van der Waals surface area contributed by atoms with Crippen molar-refractivity contribution in [2.75, 3.05) is 0 Å². The molecule has 0 radical (unpaired) electrons. The van der Waals surface area contributed by atoms with Gasteiger partial charge >= 0.3 is 0 Å². The molecule has 1 aliphatic carbocycles. The molecule has 0 spiro atoms. The van der Waals surface area contributed by atoms with Crippen molar-refractivity contribution < 1.29 is 4.52 Å². The zero-order valence-electron chi connectivity index (χ0n) is 8.76. The Labute approximate surface area is 92.7 Å². The fraction of sp³-hybridized carbons (Fsp3) is 0.364. The van der Waals surface area contributed by atoms with E-state index in [4.69, 9.17) is 10.3 Å². The van der Waals surface area contributed by atoms with Crippen LogP contribution in [0.3, 0.4) is 0 Å². The van der Waals surface area contributed by atoms with E-state index in [1.807, 2.05) is 12.1 Å². The monoisotopic (exact) mass is 216 g/mol. The Morgan fingerprint density at radius 2 is 2.25 bits per heavy atom. The van der Waals surface area contributed by atoms with Crippen molar-refractivity contribution in [3.8, 4) is 11.5 Å². The zero-order chi connectivity index (χ0) is 11.0. The Hall–Kier alpha value is -1.75. The second kappa shape index (κ2) is 3.38. The highest BCUT2D eigenvalue weighted by Crippen LogP contribution is 2.37. The molecule has 82 valence electrons. The smallest absolute Gasteiger partial charge is 0.259 e.